The maximum Gasteiger partial charge on any atom is 0.329 e. The molecule has 0 amide bonds. The van der Waals surface area contributed by atoms with Crippen LogP contribution in [0.5, 0.6) is 0 Å². The molecule has 2 aliphatic heterocycles. The van der Waals surface area contributed by atoms with Crippen molar-refractivity contribution in [1.82, 2.24) is 0 Å². The summed E-state index contributed by atoms with van der Waals surface area (Å²) >= 11 is 0. The monoisotopic (exact) mass is 401 g/mol. The third-order valence-corrected chi connectivity index (χ3v) is 5.64. The van der Waals surface area contributed by atoms with Gasteiger partial charge in [0.1, 0.15) is 12.0 Å². The van der Waals surface area contributed by atoms with Crippen LogP contribution in [0.25, 0.3) is 6.08 Å². The lowest BCUT2D eigenvalue weighted by molar-refractivity contribution is -0.171. The molecule has 1 fully saturated rings. The number of ketones is 1. The Morgan fingerprint density at radius 1 is 1.07 bits per heavy atom. The molecule has 0 N–H and O–H groups in total. The summed E-state index contributed by atoms with van der Waals surface area (Å²) in [5.74, 6) is -4.49. The van der Waals surface area contributed by atoms with Crippen LogP contribution in [-0.4, -0.2) is 56.6 Å². The topological polar surface area (TPSA) is 99.2 Å². The van der Waals surface area contributed by atoms with Crippen LogP contribution in [0.15, 0.2) is 30.3 Å². The van der Waals surface area contributed by atoms with Crippen molar-refractivity contribution in [3.05, 3.63) is 35.9 Å². The number of rotatable bonds is 5. The van der Waals surface area contributed by atoms with Crippen LogP contribution in [0.1, 0.15) is 19.4 Å². The predicted octanol–water partition coefficient (Wildman–Crippen LogP) is 1.37. The van der Waals surface area contributed by atoms with Crippen LogP contribution < -0.4 is 4.90 Å². The van der Waals surface area contributed by atoms with Gasteiger partial charge >= 0.3 is 17.9 Å². The fraction of sp³-hybridized carbons (Fsp3) is 0.429. The third kappa shape index (κ3) is 2.82. The molecule has 0 bridgehead atoms. The van der Waals surface area contributed by atoms with E-state index in [0.717, 1.165) is 12.7 Å². The fourth-order valence-corrected chi connectivity index (χ4v) is 4.47. The summed E-state index contributed by atoms with van der Waals surface area (Å²) in [6, 6.07) is 5.04. The van der Waals surface area contributed by atoms with E-state index in [0.29, 0.717) is 5.69 Å². The molecule has 0 aliphatic carbocycles. The Labute approximate surface area is 168 Å². The maximum atomic E-state index is 13.2. The minimum atomic E-state index is -1.95. The van der Waals surface area contributed by atoms with Crippen molar-refractivity contribution in [3.63, 3.8) is 0 Å². The normalized spacial score (nSPS) is 26.9. The molecule has 0 spiro atoms. The number of methoxy groups -OCH3 is 2. The summed E-state index contributed by atoms with van der Waals surface area (Å²) in [4.78, 5) is 53.5. The summed E-state index contributed by atoms with van der Waals surface area (Å²) < 4.78 is 15.1. The molecule has 2 aliphatic rings. The SMILES string of the molecule is CCOC(=O)C1(C(C)=O)C(C(=O)OC)C(C(=O)OC)N2c3ccccc3C=CC21. The predicted molar refractivity (Wildman–Crippen MR) is 103 cm³/mol. The van der Waals surface area contributed by atoms with Crippen molar-refractivity contribution in [3.8, 4) is 0 Å². The van der Waals surface area contributed by atoms with Crippen LogP contribution in [0.4, 0.5) is 5.69 Å². The van der Waals surface area contributed by atoms with Crippen molar-refractivity contribution in [2.75, 3.05) is 25.7 Å². The summed E-state index contributed by atoms with van der Waals surface area (Å²) in [5, 5.41) is 0. The van der Waals surface area contributed by atoms with Gasteiger partial charge in [0, 0.05) is 5.69 Å². The fourth-order valence-electron chi connectivity index (χ4n) is 4.47. The average molecular weight is 401 g/mol. The van der Waals surface area contributed by atoms with E-state index in [1.165, 1.54) is 14.0 Å². The lowest BCUT2D eigenvalue weighted by Crippen LogP contribution is -2.54. The molecular formula is C21H23NO7. The van der Waals surface area contributed by atoms with Gasteiger partial charge in [-0.15, -0.1) is 0 Å². The molecule has 1 saturated heterocycles. The van der Waals surface area contributed by atoms with E-state index < -0.39 is 47.1 Å². The summed E-state index contributed by atoms with van der Waals surface area (Å²) in [5.41, 5.74) is -0.562. The quantitative estimate of drug-likeness (QED) is 0.414. The second-order valence-electron chi connectivity index (χ2n) is 6.88. The number of ether oxygens (including phenoxy) is 3. The number of hydrogen-bond donors (Lipinski definition) is 0. The Hall–Kier alpha value is -3.16. The summed E-state index contributed by atoms with van der Waals surface area (Å²) in [6.07, 6.45) is 3.42. The van der Waals surface area contributed by atoms with E-state index in [1.807, 2.05) is 12.1 Å². The zero-order valence-corrected chi connectivity index (χ0v) is 16.7. The molecule has 8 heteroatoms. The number of fused-ring (bicyclic) bond motifs is 3. The van der Waals surface area contributed by atoms with Gasteiger partial charge in [0.25, 0.3) is 0 Å². The van der Waals surface area contributed by atoms with Gasteiger partial charge in [-0.2, -0.15) is 0 Å². The molecule has 0 radical (unpaired) electrons. The third-order valence-electron chi connectivity index (χ3n) is 5.64. The Morgan fingerprint density at radius 3 is 2.31 bits per heavy atom. The van der Waals surface area contributed by atoms with Crippen LogP contribution in [0.3, 0.4) is 0 Å². The molecule has 29 heavy (non-hydrogen) atoms. The van der Waals surface area contributed by atoms with Gasteiger partial charge < -0.3 is 19.1 Å². The number of hydrogen-bond acceptors (Lipinski definition) is 8. The summed E-state index contributed by atoms with van der Waals surface area (Å²) in [6.45, 7) is 2.84. The lowest BCUT2D eigenvalue weighted by atomic mass is 9.68. The van der Waals surface area contributed by atoms with Crippen molar-refractivity contribution >= 4 is 35.5 Å². The minimum Gasteiger partial charge on any atom is -0.469 e. The summed E-state index contributed by atoms with van der Waals surface area (Å²) in [7, 11) is 2.34. The minimum absolute atomic E-state index is 0.0116. The highest BCUT2D eigenvalue weighted by Crippen LogP contribution is 2.53. The van der Waals surface area contributed by atoms with Crippen molar-refractivity contribution in [2.24, 2.45) is 11.3 Å². The number of carbonyl (C=O) groups is 4. The van der Waals surface area contributed by atoms with Crippen molar-refractivity contribution in [2.45, 2.75) is 25.9 Å². The zero-order chi connectivity index (χ0) is 21.3. The van der Waals surface area contributed by atoms with E-state index in [4.69, 9.17) is 14.2 Å². The number of anilines is 1. The number of carbonyl (C=O) groups excluding carboxylic acids is 4. The molecule has 1 aromatic carbocycles. The Morgan fingerprint density at radius 2 is 1.72 bits per heavy atom. The highest BCUT2D eigenvalue weighted by Gasteiger charge is 2.72. The zero-order valence-electron chi connectivity index (χ0n) is 16.7. The van der Waals surface area contributed by atoms with Gasteiger partial charge in [0.05, 0.1) is 26.9 Å². The standard InChI is InChI=1S/C21H23NO7/c1-5-29-20(26)21(12(2)23)15-11-10-13-8-6-7-9-14(13)22(15)17(19(25)28-4)16(21)18(24)27-3/h6-11,15-17H,5H2,1-4H3. The first-order valence-corrected chi connectivity index (χ1v) is 9.25. The van der Waals surface area contributed by atoms with E-state index >= 15 is 0 Å². The molecule has 4 unspecified atom stereocenters. The number of para-hydroxylation sites is 1. The second-order valence-corrected chi connectivity index (χ2v) is 6.88. The molecule has 1 aromatic rings. The number of nitrogens with zero attached hydrogens (tertiary/aromatic N) is 1. The number of benzene rings is 1. The maximum absolute atomic E-state index is 13.2. The van der Waals surface area contributed by atoms with Crippen molar-refractivity contribution < 1.29 is 33.4 Å². The number of esters is 3. The largest absolute Gasteiger partial charge is 0.469 e. The molecular weight excluding hydrogens is 378 g/mol. The van der Waals surface area contributed by atoms with Gasteiger partial charge in [-0.05, 0) is 25.5 Å². The number of Topliss-reactive ketones (excluding diaryl/α,β-unsaturated/α-hetero) is 1. The van der Waals surface area contributed by atoms with Crippen LogP contribution in [-0.2, 0) is 33.4 Å². The van der Waals surface area contributed by atoms with Gasteiger partial charge in [-0.25, -0.2) is 4.79 Å². The molecule has 2 heterocycles. The Bertz CT molecular complexity index is 893. The van der Waals surface area contributed by atoms with Gasteiger partial charge in [-0.1, -0.05) is 30.4 Å². The van der Waals surface area contributed by atoms with Gasteiger partial charge in [0.15, 0.2) is 11.2 Å². The van der Waals surface area contributed by atoms with E-state index in [-0.39, 0.29) is 6.61 Å². The highest BCUT2D eigenvalue weighted by molar-refractivity contribution is 6.12. The molecule has 8 nitrogen and oxygen atoms in total. The van der Waals surface area contributed by atoms with Crippen LogP contribution in [0, 0.1) is 11.3 Å². The Kier molecular flexibility index (Phi) is 5.46. The van der Waals surface area contributed by atoms with Gasteiger partial charge in [0.2, 0.25) is 0 Å². The highest BCUT2D eigenvalue weighted by atomic mass is 16.5. The van der Waals surface area contributed by atoms with Crippen LogP contribution in [0.2, 0.25) is 0 Å². The van der Waals surface area contributed by atoms with Crippen molar-refractivity contribution in [1.29, 1.82) is 0 Å². The lowest BCUT2D eigenvalue weighted by Gasteiger charge is -2.37. The molecule has 0 aromatic heterocycles. The molecule has 4 atom stereocenters. The van der Waals surface area contributed by atoms with E-state index in [9.17, 15) is 19.2 Å². The Balaban J connectivity index is 2.35. The molecule has 0 saturated carbocycles. The first-order valence-electron chi connectivity index (χ1n) is 9.25. The van der Waals surface area contributed by atoms with Gasteiger partial charge in [-0.3, -0.25) is 14.4 Å². The average Bonchev–Trinajstić information content (AvgIpc) is 3.05. The van der Waals surface area contributed by atoms with E-state index in [1.54, 1.807) is 36.1 Å². The molecule has 3 rings (SSSR count). The second kappa shape index (κ2) is 7.69. The van der Waals surface area contributed by atoms with Crippen LogP contribution >= 0.6 is 0 Å². The first-order chi connectivity index (χ1) is 13.9. The smallest absolute Gasteiger partial charge is 0.329 e. The first kappa shape index (κ1) is 20.6. The molecule has 154 valence electrons. The van der Waals surface area contributed by atoms with E-state index in [2.05, 4.69) is 0 Å².